The van der Waals surface area contributed by atoms with Gasteiger partial charge in [0.25, 0.3) is 0 Å². The van der Waals surface area contributed by atoms with Crippen molar-refractivity contribution in [2.24, 2.45) is 0 Å². The Bertz CT molecular complexity index is 327. The van der Waals surface area contributed by atoms with Crippen LogP contribution in [0.3, 0.4) is 0 Å². The molecule has 0 amide bonds. The van der Waals surface area contributed by atoms with Crippen LogP contribution in [-0.4, -0.2) is 18.9 Å². The Morgan fingerprint density at radius 3 is 2.25 bits per heavy atom. The Hall–Kier alpha value is -0.300. The Morgan fingerprint density at radius 2 is 1.75 bits per heavy atom. The molecule has 16 heavy (non-hydrogen) atoms. The number of hydrogen-bond donors (Lipinski definition) is 0. The first-order chi connectivity index (χ1) is 7.67. The third-order valence-electron chi connectivity index (χ3n) is 2.62. The van der Waals surface area contributed by atoms with Crippen LogP contribution in [-0.2, 0) is 4.52 Å². The Balaban J connectivity index is 2.87. The van der Waals surface area contributed by atoms with Crippen LogP contribution in [0.5, 0.6) is 5.75 Å². The summed E-state index contributed by atoms with van der Waals surface area (Å²) in [6.07, 6.45) is 1.87. The molecule has 0 spiro atoms. The molecule has 0 saturated heterocycles. The van der Waals surface area contributed by atoms with Crippen molar-refractivity contribution in [2.75, 3.05) is 18.9 Å². The van der Waals surface area contributed by atoms with Crippen LogP contribution in [0.1, 0.15) is 20.8 Å². The zero-order valence-corrected chi connectivity index (χ0v) is 11.9. The first kappa shape index (κ1) is 13.8. The van der Waals surface area contributed by atoms with Crippen LogP contribution in [0.15, 0.2) is 24.3 Å². The third-order valence-corrected chi connectivity index (χ3v) is 6.49. The van der Waals surface area contributed by atoms with Crippen molar-refractivity contribution in [1.29, 1.82) is 0 Å². The Morgan fingerprint density at radius 1 is 1.12 bits per heavy atom. The molecule has 0 bridgehead atoms. The summed E-state index contributed by atoms with van der Waals surface area (Å²) in [6.45, 7) is 6.92. The summed E-state index contributed by atoms with van der Waals surface area (Å²) < 4.78 is 11.9. The molecule has 0 atom stereocenters. The molecule has 0 aromatic heterocycles. The van der Waals surface area contributed by atoms with E-state index in [0.29, 0.717) is 11.6 Å². The first-order valence-corrected chi connectivity index (χ1v) is 8.35. The maximum absolute atomic E-state index is 6.09. The van der Waals surface area contributed by atoms with Gasteiger partial charge in [-0.1, -0.05) is 0 Å². The maximum atomic E-state index is 6.09. The van der Waals surface area contributed by atoms with Gasteiger partial charge in [-0.15, -0.1) is 0 Å². The zero-order chi connectivity index (χ0) is 12.0. The van der Waals surface area contributed by atoms with Crippen molar-refractivity contribution in [1.82, 2.24) is 0 Å². The summed E-state index contributed by atoms with van der Waals surface area (Å²) in [4.78, 5) is 0. The van der Waals surface area contributed by atoms with E-state index in [-0.39, 0.29) is 0 Å². The van der Waals surface area contributed by atoms with Crippen molar-refractivity contribution in [3.8, 4) is 5.75 Å². The molecule has 0 fully saturated rings. The summed E-state index contributed by atoms with van der Waals surface area (Å²) in [5, 5.41) is 0.654. The predicted octanol–water partition coefficient (Wildman–Crippen LogP) is 4.38. The molecule has 0 N–H and O–H groups in total. The van der Waals surface area contributed by atoms with Crippen molar-refractivity contribution in [3.05, 3.63) is 29.3 Å². The van der Waals surface area contributed by atoms with Crippen LogP contribution in [0.25, 0.3) is 0 Å². The van der Waals surface area contributed by atoms with Crippen molar-refractivity contribution >= 4 is 19.3 Å². The fraction of sp³-hybridized carbons (Fsp3) is 0.500. The van der Waals surface area contributed by atoms with Crippen LogP contribution in [0.2, 0.25) is 5.02 Å². The summed E-state index contributed by atoms with van der Waals surface area (Å²) in [6, 6.07) is 7.57. The van der Waals surface area contributed by atoms with Crippen LogP contribution >= 0.6 is 19.3 Å². The molecule has 2 nitrogen and oxygen atoms in total. The van der Waals surface area contributed by atoms with E-state index in [0.717, 1.165) is 18.1 Å². The van der Waals surface area contributed by atoms with Gasteiger partial charge >= 0.3 is 103 Å². The minimum absolute atomic E-state index is 0.654. The minimum atomic E-state index is -2.10. The molecule has 1 aromatic carbocycles. The summed E-state index contributed by atoms with van der Waals surface area (Å²) in [5.41, 5.74) is 0. The van der Waals surface area contributed by atoms with Gasteiger partial charge in [0, 0.05) is 0 Å². The van der Waals surface area contributed by atoms with E-state index in [1.54, 1.807) is 0 Å². The number of benzene rings is 1. The van der Waals surface area contributed by atoms with Gasteiger partial charge in [0.1, 0.15) is 0 Å². The summed E-state index contributed by atoms with van der Waals surface area (Å²) in [7, 11) is -2.10. The molecule has 0 heterocycles. The van der Waals surface area contributed by atoms with Gasteiger partial charge in [0.05, 0.1) is 0 Å². The molecular formula is C12H20ClO2P. The van der Waals surface area contributed by atoms with Gasteiger partial charge in [0.2, 0.25) is 0 Å². The van der Waals surface area contributed by atoms with E-state index >= 15 is 0 Å². The average Bonchev–Trinajstić information content (AvgIpc) is 2.31. The van der Waals surface area contributed by atoms with E-state index < -0.39 is 7.72 Å². The van der Waals surface area contributed by atoms with E-state index in [4.69, 9.17) is 20.6 Å². The molecule has 0 aliphatic heterocycles. The van der Waals surface area contributed by atoms with Crippen LogP contribution < -0.4 is 4.52 Å². The quantitative estimate of drug-likeness (QED) is 0.709. The van der Waals surface area contributed by atoms with E-state index in [9.17, 15) is 0 Å². The van der Waals surface area contributed by atoms with Gasteiger partial charge in [0.15, 0.2) is 0 Å². The van der Waals surface area contributed by atoms with E-state index in [1.165, 1.54) is 0 Å². The standard InChI is InChI=1S/C12H20ClO2P/c1-4-14-16(5-2,6-3)15-12-10-8-7-9-11(12)13/h7-10,16H,4-6H2,1-3H3. The van der Waals surface area contributed by atoms with Crippen molar-refractivity contribution < 1.29 is 9.05 Å². The van der Waals surface area contributed by atoms with Gasteiger partial charge < -0.3 is 0 Å². The Kier molecular flexibility index (Phi) is 5.54. The molecule has 4 heteroatoms. The molecule has 0 aliphatic rings. The molecule has 1 rings (SSSR count). The molecule has 0 aliphatic carbocycles. The summed E-state index contributed by atoms with van der Waals surface area (Å²) >= 11 is 6.09. The fourth-order valence-electron chi connectivity index (χ4n) is 1.62. The van der Waals surface area contributed by atoms with E-state index in [2.05, 4.69) is 13.8 Å². The fourth-order valence-corrected chi connectivity index (χ4v) is 4.22. The van der Waals surface area contributed by atoms with Gasteiger partial charge in [-0.25, -0.2) is 0 Å². The second kappa shape index (κ2) is 6.44. The van der Waals surface area contributed by atoms with Crippen LogP contribution in [0.4, 0.5) is 0 Å². The normalized spacial score (nSPS) is 12.5. The number of halogens is 1. The van der Waals surface area contributed by atoms with E-state index in [1.807, 2.05) is 31.2 Å². The Labute approximate surface area is 103 Å². The van der Waals surface area contributed by atoms with Gasteiger partial charge in [-0.2, -0.15) is 0 Å². The number of rotatable bonds is 6. The van der Waals surface area contributed by atoms with Crippen molar-refractivity contribution in [2.45, 2.75) is 20.8 Å². The average molecular weight is 263 g/mol. The molecule has 0 unspecified atom stereocenters. The van der Waals surface area contributed by atoms with Gasteiger partial charge in [-0.05, 0) is 0 Å². The summed E-state index contributed by atoms with van der Waals surface area (Å²) in [5.74, 6) is 0.744. The molecule has 92 valence electrons. The topological polar surface area (TPSA) is 18.5 Å². The predicted molar refractivity (Wildman–Crippen MR) is 73.1 cm³/mol. The number of hydrogen-bond acceptors (Lipinski definition) is 2. The number of para-hydroxylation sites is 1. The molecular weight excluding hydrogens is 243 g/mol. The third kappa shape index (κ3) is 3.35. The van der Waals surface area contributed by atoms with Crippen molar-refractivity contribution in [3.63, 3.8) is 0 Å². The monoisotopic (exact) mass is 262 g/mol. The molecule has 0 radical (unpaired) electrons. The van der Waals surface area contributed by atoms with Gasteiger partial charge in [-0.3, -0.25) is 0 Å². The zero-order valence-electron chi connectivity index (χ0n) is 10.1. The second-order valence-electron chi connectivity index (χ2n) is 3.58. The van der Waals surface area contributed by atoms with Crippen LogP contribution in [0, 0.1) is 0 Å². The molecule has 1 aromatic rings. The second-order valence-corrected chi connectivity index (χ2v) is 7.72. The SMILES string of the molecule is CCO[PH](CC)(CC)Oc1ccccc1Cl. The molecule has 0 saturated carbocycles. The first-order valence-electron chi connectivity index (χ1n) is 5.75.